The molecule has 0 unspecified atom stereocenters. The Labute approximate surface area is 111 Å². The molecule has 5 nitrogen and oxygen atoms in total. The van der Waals surface area contributed by atoms with E-state index in [0.29, 0.717) is 10.7 Å². The van der Waals surface area contributed by atoms with Crippen LogP contribution in [0.15, 0.2) is 41.2 Å². The summed E-state index contributed by atoms with van der Waals surface area (Å²) in [4.78, 5) is 19.3. The Morgan fingerprint density at radius 3 is 2.72 bits per heavy atom. The van der Waals surface area contributed by atoms with E-state index >= 15 is 0 Å². The number of carbonyl (C=O) groups is 1. The van der Waals surface area contributed by atoms with Crippen molar-refractivity contribution >= 4 is 29.0 Å². The van der Waals surface area contributed by atoms with Gasteiger partial charge in [-0.25, -0.2) is 4.98 Å². The SMILES string of the molecule is O=S=NC(=O)c1cncc(-c2ccc(Cl)nc2)c1. The van der Waals surface area contributed by atoms with Crippen molar-refractivity contribution in [2.75, 3.05) is 0 Å². The molecule has 2 rings (SSSR count). The molecule has 0 bridgehead atoms. The normalized spacial score (nSPS) is 9.83. The molecular weight excluding hydrogens is 274 g/mol. The second kappa shape index (κ2) is 5.61. The van der Waals surface area contributed by atoms with Crippen LogP contribution in [-0.4, -0.2) is 20.1 Å². The van der Waals surface area contributed by atoms with Gasteiger partial charge in [-0.3, -0.25) is 9.78 Å². The summed E-state index contributed by atoms with van der Waals surface area (Å²) in [5.74, 6) is -0.605. The molecule has 0 saturated heterocycles. The van der Waals surface area contributed by atoms with E-state index in [0.717, 1.165) is 5.56 Å². The van der Waals surface area contributed by atoms with E-state index in [2.05, 4.69) is 14.3 Å². The Kier molecular flexibility index (Phi) is 3.91. The zero-order chi connectivity index (χ0) is 13.0. The van der Waals surface area contributed by atoms with Gasteiger partial charge in [0.2, 0.25) is 11.5 Å². The van der Waals surface area contributed by atoms with Crippen molar-refractivity contribution in [3.63, 3.8) is 0 Å². The molecule has 0 aliphatic heterocycles. The maximum absolute atomic E-state index is 11.4. The van der Waals surface area contributed by atoms with Crippen molar-refractivity contribution in [1.82, 2.24) is 9.97 Å². The van der Waals surface area contributed by atoms with E-state index in [1.807, 2.05) is 0 Å². The lowest BCUT2D eigenvalue weighted by Gasteiger charge is -2.01. The maximum atomic E-state index is 11.4. The third-order valence-corrected chi connectivity index (χ3v) is 2.63. The summed E-state index contributed by atoms with van der Waals surface area (Å²) in [5, 5.41) is 0.386. The third kappa shape index (κ3) is 2.85. The summed E-state index contributed by atoms with van der Waals surface area (Å²) in [6, 6.07) is 5.00. The lowest BCUT2D eigenvalue weighted by atomic mass is 10.1. The molecule has 18 heavy (non-hydrogen) atoms. The number of hydrogen-bond donors (Lipinski definition) is 0. The highest BCUT2D eigenvalue weighted by atomic mass is 35.5. The fraction of sp³-hybridized carbons (Fsp3) is 0. The van der Waals surface area contributed by atoms with Crippen LogP contribution >= 0.6 is 11.6 Å². The van der Waals surface area contributed by atoms with Crippen molar-refractivity contribution in [3.05, 3.63) is 47.5 Å². The van der Waals surface area contributed by atoms with Crippen LogP contribution in [0, 0.1) is 0 Å². The lowest BCUT2D eigenvalue weighted by molar-refractivity contribution is 0.100. The average Bonchev–Trinajstić information content (AvgIpc) is 2.40. The average molecular weight is 280 g/mol. The Morgan fingerprint density at radius 2 is 2.06 bits per heavy atom. The first-order valence-electron chi connectivity index (χ1n) is 4.82. The highest BCUT2D eigenvalue weighted by Crippen LogP contribution is 2.20. The zero-order valence-corrected chi connectivity index (χ0v) is 10.5. The van der Waals surface area contributed by atoms with Gasteiger partial charge in [-0.1, -0.05) is 11.6 Å². The second-order valence-corrected chi connectivity index (χ2v) is 4.02. The summed E-state index contributed by atoms with van der Waals surface area (Å²) < 4.78 is 13.4. The predicted octanol–water partition coefficient (Wildman–Crippen LogP) is 2.33. The van der Waals surface area contributed by atoms with Crippen molar-refractivity contribution in [1.29, 1.82) is 0 Å². The first kappa shape index (κ1) is 12.5. The van der Waals surface area contributed by atoms with Gasteiger partial charge in [0.25, 0.3) is 5.91 Å². The molecule has 0 atom stereocenters. The summed E-state index contributed by atoms with van der Waals surface area (Å²) in [5.41, 5.74) is 1.73. The van der Waals surface area contributed by atoms with E-state index in [-0.39, 0.29) is 17.0 Å². The Morgan fingerprint density at radius 1 is 1.22 bits per heavy atom. The largest absolute Gasteiger partial charge is 0.291 e. The number of carbonyl (C=O) groups excluding carboxylic acids is 1. The fourth-order valence-electron chi connectivity index (χ4n) is 1.35. The Bertz CT molecular complexity index is 639. The topological polar surface area (TPSA) is 72.3 Å². The molecule has 0 radical (unpaired) electrons. The van der Waals surface area contributed by atoms with Gasteiger partial charge in [-0.05, 0) is 18.2 Å². The minimum Gasteiger partial charge on any atom is -0.266 e. The van der Waals surface area contributed by atoms with Gasteiger partial charge >= 0.3 is 0 Å². The molecule has 2 aromatic rings. The third-order valence-electron chi connectivity index (χ3n) is 2.17. The Balaban J connectivity index is 2.41. The van der Waals surface area contributed by atoms with Gasteiger partial charge in [-0.2, -0.15) is 4.21 Å². The molecule has 0 aliphatic carbocycles. The molecular formula is C11H6ClN3O2S. The smallest absolute Gasteiger partial charge is 0.266 e. The minimum atomic E-state index is -0.605. The number of aromatic nitrogens is 2. The monoisotopic (exact) mass is 279 g/mol. The molecule has 2 heterocycles. The minimum absolute atomic E-state index is 0.124. The van der Waals surface area contributed by atoms with Gasteiger partial charge in [0.05, 0.1) is 5.56 Å². The predicted molar refractivity (Wildman–Crippen MR) is 67.4 cm³/mol. The van der Waals surface area contributed by atoms with Crippen LogP contribution in [0.5, 0.6) is 0 Å². The molecule has 90 valence electrons. The van der Waals surface area contributed by atoms with Gasteiger partial charge < -0.3 is 0 Å². The fourth-order valence-corrected chi connectivity index (χ4v) is 1.63. The van der Waals surface area contributed by atoms with Crippen LogP contribution in [0.25, 0.3) is 11.1 Å². The molecule has 1 amide bonds. The van der Waals surface area contributed by atoms with Crippen LogP contribution in [0.1, 0.15) is 10.4 Å². The molecule has 0 saturated carbocycles. The van der Waals surface area contributed by atoms with Gasteiger partial charge in [0, 0.05) is 29.7 Å². The van der Waals surface area contributed by atoms with E-state index in [1.54, 1.807) is 30.6 Å². The molecule has 0 fully saturated rings. The molecule has 7 heteroatoms. The van der Waals surface area contributed by atoms with E-state index < -0.39 is 5.91 Å². The first-order valence-corrected chi connectivity index (χ1v) is 5.89. The number of halogens is 1. The van der Waals surface area contributed by atoms with Gasteiger partial charge in [0.15, 0.2) is 0 Å². The van der Waals surface area contributed by atoms with Crippen molar-refractivity contribution < 1.29 is 9.00 Å². The van der Waals surface area contributed by atoms with Gasteiger partial charge in [0.1, 0.15) is 5.15 Å². The lowest BCUT2D eigenvalue weighted by Crippen LogP contribution is -1.95. The van der Waals surface area contributed by atoms with Crippen molar-refractivity contribution in [2.24, 2.45) is 4.36 Å². The molecule has 0 aliphatic rings. The molecule has 0 N–H and O–H groups in total. The summed E-state index contributed by atoms with van der Waals surface area (Å²) >= 11 is 5.56. The number of amides is 1. The van der Waals surface area contributed by atoms with E-state index in [4.69, 9.17) is 11.6 Å². The van der Waals surface area contributed by atoms with E-state index in [9.17, 15) is 9.00 Å². The van der Waals surface area contributed by atoms with Crippen LogP contribution in [0.4, 0.5) is 0 Å². The van der Waals surface area contributed by atoms with E-state index in [1.165, 1.54) is 6.20 Å². The van der Waals surface area contributed by atoms with Crippen LogP contribution in [0.3, 0.4) is 0 Å². The summed E-state index contributed by atoms with van der Waals surface area (Å²) in [7, 11) is 0. The standard InChI is InChI=1S/C11H6ClN3O2S/c12-10-2-1-7(6-14-10)8-3-9(5-13-4-8)11(16)15-18-17/h1-6H. The molecule has 2 aromatic heterocycles. The van der Waals surface area contributed by atoms with Crippen molar-refractivity contribution in [2.45, 2.75) is 0 Å². The first-order chi connectivity index (χ1) is 8.70. The second-order valence-electron chi connectivity index (χ2n) is 3.30. The summed E-state index contributed by atoms with van der Waals surface area (Å²) in [6.07, 6.45) is 4.52. The number of rotatable bonds is 2. The van der Waals surface area contributed by atoms with Gasteiger partial charge in [-0.15, -0.1) is 4.36 Å². The number of nitrogens with zero attached hydrogens (tertiary/aromatic N) is 3. The molecule has 0 spiro atoms. The highest BCUT2D eigenvalue weighted by Gasteiger charge is 2.07. The zero-order valence-electron chi connectivity index (χ0n) is 8.91. The maximum Gasteiger partial charge on any atom is 0.291 e. The Hall–Kier alpha value is -1.92. The molecule has 0 aromatic carbocycles. The van der Waals surface area contributed by atoms with Crippen LogP contribution in [-0.2, 0) is 11.5 Å². The van der Waals surface area contributed by atoms with Crippen LogP contribution in [0.2, 0.25) is 5.15 Å². The quantitative estimate of drug-likeness (QED) is 0.791. The summed E-state index contributed by atoms with van der Waals surface area (Å²) in [6.45, 7) is 0. The van der Waals surface area contributed by atoms with Crippen molar-refractivity contribution in [3.8, 4) is 11.1 Å². The van der Waals surface area contributed by atoms with Crippen LogP contribution < -0.4 is 0 Å². The number of pyridine rings is 2. The highest BCUT2D eigenvalue weighted by molar-refractivity contribution is 7.55. The number of hydrogen-bond acceptors (Lipinski definition) is 4.